The molecule has 0 aromatic heterocycles. The smallest absolute Gasteiger partial charge is 0.235 e. The summed E-state index contributed by atoms with van der Waals surface area (Å²) in [4.78, 5) is 69.4. The van der Waals surface area contributed by atoms with Crippen molar-refractivity contribution in [3.05, 3.63) is 52.6 Å². The Labute approximate surface area is 274 Å². The van der Waals surface area contributed by atoms with Gasteiger partial charge >= 0.3 is 0 Å². The average Bonchev–Trinajstić information content (AvgIpc) is 2.95. The van der Waals surface area contributed by atoms with Crippen LogP contribution in [0.1, 0.15) is 68.1 Å². The van der Waals surface area contributed by atoms with Crippen molar-refractivity contribution in [3.63, 3.8) is 0 Å². The van der Waals surface area contributed by atoms with Gasteiger partial charge in [0.05, 0.1) is 11.5 Å². The average molecular weight is 648 g/mol. The lowest BCUT2D eigenvalue weighted by Gasteiger charge is -2.52. The summed E-state index contributed by atoms with van der Waals surface area (Å²) in [5.41, 5.74) is 5.07. The van der Waals surface area contributed by atoms with Gasteiger partial charge in [-0.25, -0.2) is 0 Å². The maximum Gasteiger partial charge on any atom is 0.235 e. The summed E-state index contributed by atoms with van der Waals surface area (Å²) >= 11 is 0. The number of benzene rings is 2. The predicted molar refractivity (Wildman–Crippen MR) is 174 cm³/mol. The van der Waals surface area contributed by atoms with Crippen molar-refractivity contribution in [2.24, 2.45) is 41.2 Å². The second-order valence-corrected chi connectivity index (χ2v) is 14.8. The highest BCUT2D eigenvalue weighted by atomic mass is 16.5. The van der Waals surface area contributed by atoms with Gasteiger partial charge < -0.3 is 30.9 Å². The molecule has 0 aliphatic heterocycles. The van der Waals surface area contributed by atoms with Gasteiger partial charge in [-0.05, 0) is 74.8 Å². The molecule has 3 aliphatic carbocycles. The summed E-state index contributed by atoms with van der Waals surface area (Å²) in [7, 11) is 3.65. The highest BCUT2D eigenvalue weighted by molar-refractivity contribution is 6.32. The highest BCUT2D eigenvalue weighted by Gasteiger charge is 2.69. The number of aromatic hydroxyl groups is 1. The Hall–Kier alpha value is -4.09. The lowest BCUT2D eigenvalue weighted by Crippen LogP contribution is -2.71. The molecule has 2 aromatic rings. The third kappa shape index (κ3) is 5.84. The molecule has 2 fully saturated rings. The van der Waals surface area contributed by atoms with E-state index in [9.17, 15) is 34.2 Å². The maximum atomic E-state index is 14.2. The number of anilines is 1. The van der Waals surface area contributed by atoms with Crippen LogP contribution in [0.2, 0.25) is 0 Å². The molecule has 0 bridgehead atoms. The van der Waals surface area contributed by atoms with Crippen LogP contribution in [0.15, 0.2) is 30.3 Å². The van der Waals surface area contributed by atoms with Crippen LogP contribution in [-0.4, -0.2) is 64.6 Å². The molecule has 0 radical (unpaired) electrons. The van der Waals surface area contributed by atoms with E-state index in [1.165, 1.54) is 0 Å². The third-order valence-electron chi connectivity index (χ3n) is 9.84. The molecule has 2 saturated carbocycles. The minimum atomic E-state index is -2.72. The number of phenols is 1. The van der Waals surface area contributed by atoms with E-state index in [0.717, 1.165) is 11.3 Å². The summed E-state index contributed by atoms with van der Waals surface area (Å²) in [6.45, 7) is 10.0. The lowest BCUT2D eigenvalue weighted by atomic mass is 9.49. The molecule has 5 rings (SSSR count). The molecule has 0 saturated heterocycles. The molecule has 2 aromatic carbocycles. The molecule has 5 N–H and O–H groups in total. The second kappa shape index (κ2) is 12.2. The standard InChI is InChI=1S/C36H45N3O8/c1-17(2)25-23-13-19-12-22-24(39(6)7)14-20(16-38-15-18-8-10-21(11-9-18)47-35(3,4)5)29(40)27(22)31(42)26(19)32(43)36(23,46)33(44)28(30(25)41)34(37)45/h8-11,14,17,19,23,25-26,28,38,40,46H,12-13,15-16H2,1-7H3,(H2,37,45)/t19-,23-,25-,26?,28?,36-/m0/s1. The number of primary amides is 1. The van der Waals surface area contributed by atoms with Crippen molar-refractivity contribution in [3.8, 4) is 11.5 Å². The molecule has 252 valence electrons. The zero-order valence-corrected chi connectivity index (χ0v) is 28.0. The van der Waals surface area contributed by atoms with Crippen LogP contribution in [0.4, 0.5) is 5.69 Å². The minimum Gasteiger partial charge on any atom is -0.507 e. The number of nitrogens with zero attached hydrogens (tertiary/aromatic N) is 1. The molecular formula is C36H45N3O8. The van der Waals surface area contributed by atoms with Gasteiger partial charge in [0.25, 0.3) is 0 Å². The summed E-state index contributed by atoms with van der Waals surface area (Å²) < 4.78 is 5.88. The van der Waals surface area contributed by atoms with E-state index in [2.05, 4.69) is 5.32 Å². The van der Waals surface area contributed by atoms with Crippen LogP contribution < -0.4 is 20.7 Å². The molecule has 6 atom stereocenters. The minimum absolute atomic E-state index is 0.0143. The van der Waals surface area contributed by atoms with E-state index in [1.54, 1.807) is 13.8 Å². The summed E-state index contributed by atoms with van der Waals surface area (Å²) in [5.74, 6) is -10.9. The zero-order valence-electron chi connectivity index (χ0n) is 28.0. The lowest BCUT2D eigenvalue weighted by molar-refractivity contribution is -0.182. The number of amides is 1. The van der Waals surface area contributed by atoms with E-state index in [0.29, 0.717) is 23.4 Å². The van der Waals surface area contributed by atoms with Crippen molar-refractivity contribution in [1.29, 1.82) is 0 Å². The number of ether oxygens (including phenoxy) is 1. The first-order valence-corrected chi connectivity index (χ1v) is 16.1. The van der Waals surface area contributed by atoms with Crippen molar-refractivity contribution >= 4 is 34.7 Å². The van der Waals surface area contributed by atoms with Crippen LogP contribution in [0.25, 0.3) is 0 Å². The van der Waals surface area contributed by atoms with Crippen molar-refractivity contribution in [1.82, 2.24) is 5.32 Å². The van der Waals surface area contributed by atoms with E-state index in [4.69, 9.17) is 10.5 Å². The van der Waals surface area contributed by atoms with Gasteiger partial charge in [0.2, 0.25) is 5.91 Å². The normalized spacial score (nSPS) is 27.3. The van der Waals surface area contributed by atoms with E-state index in [-0.39, 0.29) is 36.3 Å². The van der Waals surface area contributed by atoms with Gasteiger partial charge in [-0.2, -0.15) is 0 Å². The first-order valence-electron chi connectivity index (χ1n) is 16.1. The van der Waals surface area contributed by atoms with Crippen LogP contribution >= 0.6 is 0 Å². The topological polar surface area (TPSA) is 176 Å². The highest BCUT2D eigenvalue weighted by Crippen LogP contribution is 2.54. The molecule has 11 nitrogen and oxygen atoms in total. The Morgan fingerprint density at radius 2 is 1.72 bits per heavy atom. The number of rotatable bonds is 8. The fraction of sp³-hybridized carbons (Fsp3) is 0.528. The van der Waals surface area contributed by atoms with Gasteiger partial charge in [-0.3, -0.25) is 24.0 Å². The van der Waals surface area contributed by atoms with Gasteiger partial charge in [0.1, 0.15) is 17.1 Å². The van der Waals surface area contributed by atoms with Crippen molar-refractivity contribution in [2.75, 3.05) is 19.0 Å². The summed E-state index contributed by atoms with van der Waals surface area (Å²) in [6.07, 6.45) is 0.259. The molecule has 0 heterocycles. The van der Waals surface area contributed by atoms with Crippen molar-refractivity contribution in [2.45, 2.75) is 71.8 Å². The Kier molecular flexibility index (Phi) is 8.87. The molecule has 0 spiro atoms. The summed E-state index contributed by atoms with van der Waals surface area (Å²) in [6, 6.07) is 9.47. The number of carbonyl (C=O) groups excluding carboxylic acids is 5. The number of phenolic OH excluding ortho intramolecular Hbond substituents is 1. The monoisotopic (exact) mass is 647 g/mol. The molecular weight excluding hydrogens is 602 g/mol. The fourth-order valence-electron chi connectivity index (χ4n) is 7.86. The first kappa shape index (κ1) is 34.3. The number of hydrogen-bond donors (Lipinski definition) is 4. The number of hydrogen-bond acceptors (Lipinski definition) is 10. The molecule has 11 heteroatoms. The third-order valence-corrected chi connectivity index (χ3v) is 9.84. The SMILES string of the molecule is CC(C)[C@@H]1C(=O)C(C(N)=O)C(=O)[C@@]2(O)C(=O)C3C(=O)c4c(O)c(CNCc5ccc(OC(C)(C)C)cc5)cc(N(C)C)c4C[C@H]3C[C@@H]12. The quantitative estimate of drug-likeness (QED) is 0.312. The largest absolute Gasteiger partial charge is 0.507 e. The summed E-state index contributed by atoms with van der Waals surface area (Å²) in [5, 5.41) is 26.7. The van der Waals surface area contributed by atoms with Crippen LogP contribution in [-0.2, 0) is 38.7 Å². The number of fused-ring (bicyclic) bond motifs is 3. The van der Waals surface area contributed by atoms with Gasteiger partial charge in [-0.15, -0.1) is 0 Å². The van der Waals surface area contributed by atoms with Crippen molar-refractivity contribution < 1.29 is 38.9 Å². The first-order chi connectivity index (χ1) is 21.9. The van der Waals surface area contributed by atoms with E-state index in [1.807, 2.05) is 70.1 Å². The fourth-order valence-corrected chi connectivity index (χ4v) is 7.86. The van der Waals surface area contributed by atoms with Crippen LogP contribution in [0.5, 0.6) is 11.5 Å². The van der Waals surface area contributed by atoms with Crippen LogP contribution in [0, 0.1) is 35.5 Å². The van der Waals surface area contributed by atoms with E-state index >= 15 is 0 Å². The second-order valence-electron chi connectivity index (χ2n) is 14.8. The molecule has 3 aliphatic rings. The molecule has 2 unspecified atom stereocenters. The maximum absolute atomic E-state index is 14.2. The van der Waals surface area contributed by atoms with E-state index < -0.39 is 70.1 Å². The Balaban J connectivity index is 1.47. The number of ketones is 4. The van der Waals surface area contributed by atoms with Crippen LogP contribution in [0.3, 0.4) is 0 Å². The Morgan fingerprint density at radius 1 is 1.09 bits per heavy atom. The number of aliphatic hydroxyl groups is 1. The van der Waals surface area contributed by atoms with Gasteiger partial charge in [0, 0.05) is 50.3 Å². The Morgan fingerprint density at radius 3 is 2.28 bits per heavy atom. The number of nitrogens with two attached hydrogens (primary N) is 1. The number of nitrogens with one attached hydrogen (secondary N) is 1. The molecule has 47 heavy (non-hydrogen) atoms. The van der Waals surface area contributed by atoms with Gasteiger partial charge in [0.15, 0.2) is 34.7 Å². The molecule has 1 amide bonds. The Bertz CT molecular complexity index is 1640. The number of carbonyl (C=O) groups is 5. The number of Topliss-reactive ketones (excluding diaryl/α,β-unsaturated/α-hetero) is 4. The zero-order chi connectivity index (χ0) is 34.7. The van der Waals surface area contributed by atoms with Gasteiger partial charge in [-0.1, -0.05) is 26.0 Å². The predicted octanol–water partition coefficient (Wildman–Crippen LogP) is 2.74.